The number of fused-ring (bicyclic) bond motifs is 8. The largest absolute Gasteiger partial charge is 0.493 e. The minimum absolute atomic E-state index is 0.0495. The van der Waals surface area contributed by atoms with Crippen molar-refractivity contribution in [3.8, 4) is 23.0 Å². The van der Waals surface area contributed by atoms with Crippen LogP contribution < -0.4 is 18.9 Å². The molecule has 8 bridgehead atoms. The Kier molecular flexibility index (Phi) is 14.3. The Morgan fingerprint density at radius 2 is 0.679 bits per heavy atom. The first-order valence-corrected chi connectivity index (χ1v) is 19.2. The van der Waals surface area contributed by atoms with Crippen molar-refractivity contribution >= 4 is 0 Å². The van der Waals surface area contributed by atoms with E-state index in [0.29, 0.717) is 93.2 Å². The summed E-state index contributed by atoms with van der Waals surface area (Å²) in [7, 11) is 0. The monoisotopic (exact) mass is 788 g/mol. The van der Waals surface area contributed by atoms with Gasteiger partial charge in [0.15, 0.2) is 12.2 Å². The molecule has 2 N–H and O–H groups in total. The lowest BCUT2D eigenvalue weighted by Gasteiger charge is -2.25. The lowest BCUT2D eigenvalue weighted by molar-refractivity contribution is -0.207. The highest BCUT2D eigenvalue weighted by atomic mass is 19.4. The fourth-order valence-electron chi connectivity index (χ4n) is 6.99. The summed E-state index contributed by atoms with van der Waals surface area (Å²) in [6, 6.07) is 16.0. The summed E-state index contributed by atoms with van der Waals surface area (Å²) >= 11 is 0. The van der Waals surface area contributed by atoms with E-state index in [4.69, 9.17) is 18.9 Å². The Morgan fingerprint density at radius 3 is 0.893 bits per heavy atom. The van der Waals surface area contributed by atoms with Gasteiger partial charge in [0.25, 0.3) is 0 Å². The van der Waals surface area contributed by atoms with Gasteiger partial charge in [0, 0.05) is 25.7 Å². The molecule has 0 radical (unpaired) electrons. The van der Waals surface area contributed by atoms with Crippen LogP contribution in [-0.2, 0) is 25.7 Å². The molecule has 5 rings (SSSR count). The average molecular weight is 789 g/mol. The van der Waals surface area contributed by atoms with Gasteiger partial charge in [-0.05, 0) is 106 Å². The summed E-state index contributed by atoms with van der Waals surface area (Å²) in [5.74, 6) is 1.64. The minimum Gasteiger partial charge on any atom is -0.493 e. The zero-order chi connectivity index (χ0) is 40.6. The summed E-state index contributed by atoms with van der Waals surface area (Å²) in [6.07, 6.45) is -12.7. The van der Waals surface area contributed by atoms with Crippen molar-refractivity contribution in [3.63, 3.8) is 0 Å². The summed E-state index contributed by atoms with van der Waals surface area (Å²) < 4.78 is 110. The maximum Gasteiger partial charge on any atom is 0.418 e. The molecule has 56 heavy (non-hydrogen) atoms. The number of hydrogen-bond donors (Lipinski definition) is 2. The van der Waals surface area contributed by atoms with Gasteiger partial charge in [-0.1, -0.05) is 64.1 Å². The topological polar surface area (TPSA) is 77.4 Å². The van der Waals surface area contributed by atoms with E-state index < -0.39 is 24.6 Å². The van der Waals surface area contributed by atoms with Gasteiger partial charge in [-0.3, -0.25) is 0 Å². The predicted molar refractivity (Wildman–Crippen MR) is 202 cm³/mol. The molecule has 2 atom stereocenters. The molecule has 304 valence electrons. The molecule has 12 heteroatoms. The molecule has 6 nitrogen and oxygen atoms in total. The van der Waals surface area contributed by atoms with Crippen LogP contribution in [0.25, 0.3) is 0 Å². The van der Waals surface area contributed by atoms with Crippen LogP contribution in [0.4, 0.5) is 26.3 Å². The van der Waals surface area contributed by atoms with Gasteiger partial charge in [-0.15, -0.1) is 0 Å². The second-order valence-electron chi connectivity index (χ2n) is 14.1. The van der Waals surface area contributed by atoms with E-state index in [1.54, 1.807) is 36.4 Å². The van der Waals surface area contributed by atoms with E-state index in [1.807, 2.05) is 27.7 Å². The summed E-state index contributed by atoms with van der Waals surface area (Å²) in [5.41, 5.74) is 3.33. The van der Waals surface area contributed by atoms with Gasteiger partial charge < -0.3 is 29.2 Å². The van der Waals surface area contributed by atoms with Gasteiger partial charge in [0.1, 0.15) is 23.0 Å². The Bertz CT molecular complexity index is 1710. The van der Waals surface area contributed by atoms with Crippen molar-refractivity contribution < 1.29 is 55.5 Å². The molecule has 4 aromatic rings. The third-order valence-electron chi connectivity index (χ3n) is 9.46. The normalized spacial score (nSPS) is 14.2. The quantitative estimate of drug-likeness (QED) is 0.109. The fraction of sp³-hybridized carbons (Fsp3) is 0.455. The molecule has 0 heterocycles. The van der Waals surface area contributed by atoms with Crippen molar-refractivity contribution in [1.29, 1.82) is 0 Å². The molecule has 0 saturated heterocycles. The van der Waals surface area contributed by atoms with Crippen LogP contribution in [0.3, 0.4) is 0 Å². The lowest BCUT2D eigenvalue weighted by Crippen LogP contribution is -2.21. The van der Waals surface area contributed by atoms with Gasteiger partial charge >= 0.3 is 12.4 Å². The number of alkyl halides is 6. The van der Waals surface area contributed by atoms with Crippen molar-refractivity contribution in [2.45, 2.75) is 104 Å². The molecule has 0 aromatic heterocycles. The van der Waals surface area contributed by atoms with E-state index in [1.165, 1.54) is 24.3 Å². The lowest BCUT2D eigenvalue weighted by atomic mass is 9.88. The smallest absolute Gasteiger partial charge is 0.418 e. The Labute approximate surface area is 324 Å². The van der Waals surface area contributed by atoms with Crippen molar-refractivity contribution in [2.24, 2.45) is 0 Å². The second kappa shape index (κ2) is 18.7. The maximum absolute atomic E-state index is 14.1. The first kappa shape index (κ1) is 42.7. The molecule has 0 saturated carbocycles. The summed E-state index contributed by atoms with van der Waals surface area (Å²) in [5, 5.41) is 21.2. The van der Waals surface area contributed by atoms with Crippen LogP contribution in [0, 0.1) is 0 Å². The zero-order valence-corrected chi connectivity index (χ0v) is 32.2. The first-order valence-electron chi connectivity index (χ1n) is 19.2. The molecule has 0 unspecified atom stereocenters. The van der Waals surface area contributed by atoms with Gasteiger partial charge in [-0.2, -0.15) is 26.3 Å². The molecule has 0 aliphatic heterocycles. The molecule has 1 aliphatic rings. The third-order valence-corrected chi connectivity index (χ3v) is 9.46. The van der Waals surface area contributed by atoms with E-state index in [9.17, 15) is 36.6 Å². The van der Waals surface area contributed by atoms with Crippen LogP contribution in [0.15, 0.2) is 60.7 Å². The molecular weight excluding hydrogens is 738 g/mol. The van der Waals surface area contributed by atoms with Crippen molar-refractivity contribution in [1.82, 2.24) is 0 Å². The van der Waals surface area contributed by atoms with E-state index in [0.717, 1.165) is 0 Å². The molecule has 0 amide bonds. The van der Waals surface area contributed by atoms with Crippen molar-refractivity contribution in [3.05, 3.63) is 116 Å². The number of aliphatic hydroxyl groups is 2. The third kappa shape index (κ3) is 10.1. The first-order chi connectivity index (χ1) is 26.7. The van der Waals surface area contributed by atoms with E-state index in [-0.39, 0.29) is 63.2 Å². The minimum atomic E-state index is -4.94. The second-order valence-corrected chi connectivity index (χ2v) is 14.1. The molecule has 1 aliphatic carbocycles. The van der Waals surface area contributed by atoms with Crippen LogP contribution in [0.5, 0.6) is 23.0 Å². The Balaban J connectivity index is 1.88. The Morgan fingerprint density at radius 1 is 0.446 bits per heavy atom. The van der Waals surface area contributed by atoms with Crippen LogP contribution in [0.2, 0.25) is 0 Å². The summed E-state index contributed by atoms with van der Waals surface area (Å²) in [4.78, 5) is 0. The highest BCUT2D eigenvalue weighted by Gasteiger charge is 2.41. The van der Waals surface area contributed by atoms with Gasteiger partial charge in [0.05, 0.1) is 26.4 Å². The molecular formula is C44H50F6O6. The maximum atomic E-state index is 14.1. The predicted octanol–water partition coefficient (Wildman–Crippen LogP) is 10.7. The average Bonchev–Trinajstić information content (AvgIpc) is 3.14. The molecule has 4 aromatic carbocycles. The SMILES string of the molecule is CCCOc1c2cccc1Cc1cc([C@H](O)C(F)(F)F)cc(c1OCCC)Cc1cccc(c1OCCC)Cc1cc([C@@H](O)C(F)(F)F)cc(c1OCCC)C2. The van der Waals surface area contributed by atoms with Crippen LogP contribution in [0.1, 0.15) is 121 Å². The number of rotatable bonds is 14. The van der Waals surface area contributed by atoms with Crippen molar-refractivity contribution in [2.75, 3.05) is 26.4 Å². The van der Waals surface area contributed by atoms with E-state index >= 15 is 0 Å². The van der Waals surface area contributed by atoms with Gasteiger partial charge in [-0.25, -0.2) is 0 Å². The Hall–Kier alpha value is -4.42. The van der Waals surface area contributed by atoms with Crippen LogP contribution in [-0.4, -0.2) is 49.0 Å². The number of benzene rings is 4. The zero-order valence-electron chi connectivity index (χ0n) is 32.2. The van der Waals surface area contributed by atoms with E-state index in [2.05, 4.69) is 0 Å². The van der Waals surface area contributed by atoms with Gasteiger partial charge in [0.2, 0.25) is 0 Å². The fourth-order valence-corrected chi connectivity index (χ4v) is 6.99. The highest BCUT2D eigenvalue weighted by Crippen LogP contribution is 2.43. The highest BCUT2D eigenvalue weighted by molar-refractivity contribution is 5.57. The number of aliphatic hydroxyl groups excluding tert-OH is 2. The molecule has 0 spiro atoms. The number of hydrogen-bond acceptors (Lipinski definition) is 6. The number of para-hydroxylation sites is 2. The number of ether oxygens (including phenoxy) is 4. The number of halogens is 6. The van der Waals surface area contributed by atoms with Crippen LogP contribution >= 0.6 is 0 Å². The standard InChI is InChI=1S/C44H50F6O6/c1-5-15-53-37-27-11-9-12-28(37)20-32-24-36(42(52)44(48,49)50)26-34(40(32)56-18-8-4)22-30-14-10-13-29(38(30)54-16-6-2)21-33-25-35(41(51)43(45,46)47)23-31(19-27)39(33)55-17-7-3/h9-14,23-26,41-42,51-52H,5-8,15-22H2,1-4H3/t41-,42+. The summed E-state index contributed by atoms with van der Waals surface area (Å²) in [6.45, 7) is 8.81. The molecule has 0 fully saturated rings.